The van der Waals surface area contributed by atoms with Gasteiger partial charge < -0.3 is 5.32 Å². The number of hydrogen-bond donors (Lipinski definition) is 2. The lowest BCUT2D eigenvalue weighted by Gasteiger charge is -2.11. The normalized spacial score (nSPS) is 11.0. The van der Waals surface area contributed by atoms with Crippen LogP contribution in [0.3, 0.4) is 0 Å². The van der Waals surface area contributed by atoms with Gasteiger partial charge in [0.25, 0.3) is 0 Å². The fourth-order valence-corrected chi connectivity index (χ4v) is 3.26. The van der Waals surface area contributed by atoms with Crippen LogP contribution in [0.5, 0.6) is 0 Å². The number of nitrogens with one attached hydrogen (secondary N) is 1. The van der Waals surface area contributed by atoms with E-state index in [0.717, 1.165) is 20.5 Å². The molecule has 0 amide bonds. The summed E-state index contributed by atoms with van der Waals surface area (Å²) >= 11 is 16.0. The first-order valence-electron chi connectivity index (χ1n) is 7.49. The fourth-order valence-electron chi connectivity index (χ4n) is 2.51. The van der Waals surface area contributed by atoms with Crippen LogP contribution in [0.15, 0.2) is 59.5 Å². The van der Waals surface area contributed by atoms with E-state index in [1.54, 1.807) is 28.9 Å². The highest BCUT2D eigenvalue weighted by Crippen LogP contribution is 2.35. The highest BCUT2D eigenvalue weighted by atomic mass is 79.9. The van der Waals surface area contributed by atoms with Crippen molar-refractivity contribution < 1.29 is 9.94 Å². The average Bonchev–Trinajstić information content (AvgIpc) is 3.01. The van der Waals surface area contributed by atoms with Gasteiger partial charge in [0.1, 0.15) is 5.82 Å². The summed E-state index contributed by atoms with van der Waals surface area (Å²) in [4.78, 5) is 4.65. The molecular formula is C17H11BrCl2N5O+. The molecule has 0 saturated heterocycles. The highest BCUT2D eigenvalue weighted by molar-refractivity contribution is 9.10. The van der Waals surface area contributed by atoms with E-state index in [0.29, 0.717) is 27.2 Å². The summed E-state index contributed by atoms with van der Waals surface area (Å²) < 4.78 is 3.39. The average molecular weight is 452 g/mol. The maximum atomic E-state index is 9.38. The van der Waals surface area contributed by atoms with Gasteiger partial charge in [-0.2, -0.15) is 9.61 Å². The zero-order valence-electron chi connectivity index (χ0n) is 13.1. The van der Waals surface area contributed by atoms with Crippen molar-refractivity contribution in [2.45, 2.75) is 0 Å². The molecule has 0 aliphatic carbocycles. The van der Waals surface area contributed by atoms with E-state index in [4.69, 9.17) is 23.2 Å². The lowest BCUT2D eigenvalue weighted by atomic mass is 10.1. The Morgan fingerprint density at radius 3 is 2.69 bits per heavy atom. The molecule has 0 spiro atoms. The molecule has 1 aromatic carbocycles. The summed E-state index contributed by atoms with van der Waals surface area (Å²) in [6, 6.07) is 10.7. The van der Waals surface area contributed by atoms with Gasteiger partial charge in [0.2, 0.25) is 12.4 Å². The Morgan fingerprint density at radius 1 is 1.15 bits per heavy atom. The second kappa shape index (κ2) is 6.75. The maximum absolute atomic E-state index is 9.38. The molecule has 0 radical (unpaired) electrons. The second-order valence-corrected chi connectivity index (χ2v) is 7.09. The third kappa shape index (κ3) is 3.09. The number of hydrogen-bond acceptors (Lipinski definition) is 4. The molecule has 2 N–H and O–H groups in total. The van der Waals surface area contributed by atoms with Gasteiger partial charge in [0.05, 0.1) is 32.1 Å². The molecule has 3 aromatic heterocycles. The van der Waals surface area contributed by atoms with E-state index in [1.807, 2.05) is 18.2 Å². The van der Waals surface area contributed by atoms with E-state index >= 15 is 0 Å². The third-order valence-electron chi connectivity index (χ3n) is 3.74. The Bertz CT molecular complexity index is 1110. The molecule has 9 heteroatoms. The summed E-state index contributed by atoms with van der Waals surface area (Å²) in [5.41, 5.74) is 2.78. The number of pyridine rings is 1. The molecule has 6 nitrogen and oxygen atoms in total. The number of halogens is 3. The molecule has 130 valence electrons. The van der Waals surface area contributed by atoms with Gasteiger partial charge in [-0.25, -0.2) is 4.98 Å². The van der Waals surface area contributed by atoms with E-state index in [-0.39, 0.29) is 0 Å². The maximum Gasteiger partial charge on any atom is 0.224 e. The lowest BCUT2D eigenvalue weighted by Crippen LogP contribution is -2.27. The van der Waals surface area contributed by atoms with Crippen LogP contribution in [0.25, 0.3) is 16.9 Å². The van der Waals surface area contributed by atoms with Crippen molar-refractivity contribution >= 4 is 56.3 Å². The quantitative estimate of drug-likeness (QED) is 0.349. The Labute approximate surface area is 166 Å². The Kier molecular flexibility index (Phi) is 4.44. The van der Waals surface area contributed by atoms with Crippen LogP contribution in [0, 0.1) is 0 Å². The number of anilines is 2. The van der Waals surface area contributed by atoms with Gasteiger partial charge >= 0.3 is 0 Å². The van der Waals surface area contributed by atoms with Gasteiger partial charge in [-0.3, -0.25) is 5.21 Å². The number of fused-ring (bicyclic) bond motifs is 1. The molecule has 0 unspecified atom stereocenters. The fraction of sp³-hybridized carbons (Fsp3) is 0. The monoisotopic (exact) mass is 450 g/mol. The molecule has 26 heavy (non-hydrogen) atoms. The van der Waals surface area contributed by atoms with Crippen LogP contribution in [-0.2, 0) is 0 Å². The minimum absolute atomic E-state index is 0.439. The van der Waals surface area contributed by atoms with Gasteiger partial charge in [0, 0.05) is 28.5 Å². The van der Waals surface area contributed by atoms with E-state index in [9.17, 15) is 5.21 Å². The zero-order valence-corrected chi connectivity index (χ0v) is 16.2. The van der Waals surface area contributed by atoms with Gasteiger partial charge in [-0.1, -0.05) is 35.3 Å². The number of rotatable bonds is 3. The summed E-state index contributed by atoms with van der Waals surface area (Å²) in [5, 5.41) is 17.9. The standard InChI is InChI=1S/C17H10BrCl2N5O/c18-12-9-21-25-15(22-10-4-6-24(26)7-5-10)8-14(23-17(12)25)11-2-1-3-13(19)16(11)20/h1-9,26H/p+1. The van der Waals surface area contributed by atoms with Gasteiger partial charge in [-0.05, 0) is 22.0 Å². The smallest absolute Gasteiger partial charge is 0.224 e. The Hall–Kier alpha value is -2.35. The number of aromatic nitrogens is 4. The second-order valence-electron chi connectivity index (χ2n) is 5.45. The van der Waals surface area contributed by atoms with Crippen LogP contribution in [0.1, 0.15) is 0 Å². The molecule has 4 rings (SSSR count). The van der Waals surface area contributed by atoms with E-state index in [2.05, 4.69) is 31.3 Å². The topological polar surface area (TPSA) is 66.3 Å². The van der Waals surface area contributed by atoms with Gasteiger partial charge in [-0.15, -0.1) is 0 Å². The zero-order chi connectivity index (χ0) is 18.3. The summed E-state index contributed by atoms with van der Waals surface area (Å²) in [6.45, 7) is 0. The van der Waals surface area contributed by atoms with Gasteiger partial charge in [0.15, 0.2) is 5.65 Å². The minimum Gasteiger partial charge on any atom is -0.340 e. The largest absolute Gasteiger partial charge is 0.340 e. The van der Waals surface area contributed by atoms with Crippen LogP contribution in [-0.4, -0.2) is 19.8 Å². The molecule has 0 saturated carbocycles. The molecule has 0 fully saturated rings. The number of benzene rings is 1. The lowest BCUT2D eigenvalue weighted by molar-refractivity contribution is -0.904. The van der Waals surface area contributed by atoms with Crippen molar-refractivity contribution in [1.29, 1.82) is 0 Å². The molecule has 3 heterocycles. The van der Waals surface area contributed by atoms with Crippen molar-refractivity contribution in [2.24, 2.45) is 0 Å². The Balaban J connectivity index is 1.89. The van der Waals surface area contributed by atoms with Crippen LogP contribution >= 0.6 is 39.1 Å². The molecule has 0 atom stereocenters. The molecular weight excluding hydrogens is 441 g/mol. The summed E-state index contributed by atoms with van der Waals surface area (Å²) in [5.74, 6) is 0.683. The van der Waals surface area contributed by atoms with Crippen molar-refractivity contribution in [1.82, 2.24) is 14.6 Å². The Morgan fingerprint density at radius 2 is 1.92 bits per heavy atom. The van der Waals surface area contributed by atoms with Crippen molar-refractivity contribution in [2.75, 3.05) is 5.32 Å². The predicted molar refractivity (Wildman–Crippen MR) is 103 cm³/mol. The van der Waals surface area contributed by atoms with Crippen LogP contribution in [0.2, 0.25) is 10.0 Å². The van der Waals surface area contributed by atoms with E-state index < -0.39 is 0 Å². The summed E-state index contributed by atoms with van der Waals surface area (Å²) in [6.07, 6.45) is 4.71. The predicted octanol–water partition coefficient (Wildman–Crippen LogP) is 4.73. The third-order valence-corrected chi connectivity index (χ3v) is 5.12. The number of nitrogens with zero attached hydrogens (tertiary/aromatic N) is 4. The molecule has 0 bridgehead atoms. The SMILES string of the molecule is O[n+]1ccc(Nc2cc(-c3cccc(Cl)c3Cl)nc3c(Br)cnn23)cc1. The first kappa shape index (κ1) is 17.1. The van der Waals surface area contributed by atoms with Crippen molar-refractivity contribution in [3.8, 4) is 11.3 Å². The minimum atomic E-state index is 0.439. The van der Waals surface area contributed by atoms with E-state index in [1.165, 1.54) is 12.4 Å². The van der Waals surface area contributed by atoms with Crippen molar-refractivity contribution in [3.05, 3.63) is 69.5 Å². The molecule has 0 aliphatic rings. The molecule has 0 aliphatic heterocycles. The highest BCUT2D eigenvalue weighted by Gasteiger charge is 2.15. The molecule has 4 aromatic rings. The van der Waals surface area contributed by atoms with Crippen molar-refractivity contribution in [3.63, 3.8) is 0 Å². The van der Waals surface area contributed by atoms with Crippen LogP contribution < -0.4 is 10.0 Å². The first-order valence-corrected chi connectivity index (χ1v) is 9.04. The first-order chi connectivity index (χ1) is 12.5. The van der Waals surface area contributed by atoms with Crippen LogP contribution in [0.4, 0.5) is 11.5 Å². The summed E-state index contributed by atoms with van der Waals surface area (Å²) in [7, 11) is 0.